The second-order valence-electron chi connectivity index (χ2n) is 5.21. The number of rotatable bonds is 9. The van der Waals surface area contributed by atoms with Crippen LogP contribution < -0.4 is 0 Å². The SMILES string of the molecule is CCC(C)OC(F)(F)C(F)(OC(F)(F)C(F)(F)C(F)(F)C(=O)OC)C(F)(F)F. The van der Waals surface area contributed by atoms with E-state index in [1.165, 1.54) is 0 Å². The summed E-state index contributed by atoms with van der Waals surface area (Å²) in [6.45, 7) is 1.65. The highest BCUT2D eigenvalue weighted by Gasteiger charge is 2.84. The molecule has 0 aliphatic carbocycles. The molecule has 2 unspecified atom stereocenters. The van der Waals surface area contributed by atoms with Crippen LogP contribution >= 0.6 is 0 Å². The number of esters is 1. The van der Waals surface area contributed by atoms with Crippen LogP contribution in [0.2, 0.25) is 0 Å². The predicted molar refractivity (Wildman–Crippen MR) is 63.6 cm³/mol. The third-order valence-corrected chi connectivity index (χ3v) is 3.13. The maximum atomic E-state index is 13.9. The van der Waals surface area contributed by atoms with Crippen molar-refractivity contribution in [3.8, 4) is 0 Å². The van der Waals surface area contributed by atoms with Gasteiger partial charge in [0.2, 0.25) is 0 Å². The molecule has 0 saturated heterocycles. The average Bonchev–Trinajstić information content (AvgIpc) is 2.51. The van der Waals surface area contributed by atoms with Crippen LogP contribution in [0.5, 0.6) is 0 Å². The highest BCUT2D eigenvalue weighted by Crippen LogP contribution is 2.55. The van der Waals surface area contributed by atoms with Gasteiger partial charge < -0.3 is 9.47 Å². The molecule has 0 radical (unpaired) electrons. The smallest absolute Gasteiger partial charge is 0.458 e. The maximum Gasteiger partial charge on any atom is 0.458 e. The Morgan fingerprint density at radius 1 is 0.857 bits per heavy atom. The van der Waals surface area contributed by atoms with Crippen molar-refractivity contribution in [2.45, 2.75) is 62.5 Å². The Kier molecular flexibility index (Phi) is 7.36. The first-order valence-corrected chi connectivity index (χ1v) is 6.88. The Labute approximate surface area is 148 Å². The maximum absolute atomic E-state index is 13.9. The van der Waals surface area contributed by atoms with Crippen molar-refractivity contribution in [3.05, 3.63) is 0 Å². The van der Waals surface area contributed by atoms with Crippen LogP contribution in [0.4, 0.5) is 52.7 Å². The number of carbonyl (C=O) groups excluding carboxylic acids is 1. The zero-order valence-electron chi connectivity index (χ0n) is 14.0. The molecule has 0 saturated carbocycles. The van der Waals surface area contributed by atoms with Crippen molar-refractivity contribution in [1.82, 2.24) is 0 Å². The highest BCUT2D eigenvalue weighted by molar-refractivity contribution is 5.79. The van der Waals surface area contributed by atoms with Gasteiger partial charge in [0.25, 0.3) is 0 Å². The standard InChI is InChI=1S/C12H12F12O4/c1-4-5(2)27-12(23,24)9(17,10(18,19)20)28-11(21,22)8(15,16)7(13,14)6(25)26-3/h5H,4H2,1-3H3. The van der Waals surface area contributed by atoms with Crippen LogP contribution in [-0.4, -0.2) is 55.3 Å². The topological polar surface area (TPSA) is 44.8 Å². The van der Waals surface area contributed by atoms with E-state index in [4.69, 9.17) is 0 Å². The summed E-state index contributed by atoms with van der Waals surface area (Å²) < 4.78 is 167. The van der Waals surface area contributed by atoms with E-state index >= 15 is 0 Å². The Morgan fingerprint density at radius 2 is 1.29 bits per heavy atom. The molecule has 0 fully saturated rings. The first kappa shape index (κ1) is 26.6. The fourth-order valence-electron chi connectivity index (χ4n) is 1.37. The zero-order chi connectivity index (χ0) is 23.0. The van der Waals surface area contributed by atoms with E-state index in [1.54, 1.807) is 0 Å². The number of hydrogen-bond donors (Lipinski definition) is 0. The Bertz CT molecular complexity index is 561. The molecule has 0 aromatic carbocycles. The van der Waals surface area contributed by atoms with Gasteiger partial charge in [0.1, 0.15) is 0 Å². The molecule has 0 aliphatic rings. The molecule has 2 atom stereocenters. The number of halogens is 12. The zero-order valence-corrected chi connectivity index (χ0v) is 14.0. The fraction of sp³-hybridized carbons (Fsp3) is 0.917. The second-order valence-corrected chi connectivity index (χ2v) is 5.21. The van der Waals surface area contributed by atoms with Crippen LogP contribution in [0.3, 0.4) is 0 Å². The molecule has 168 valence electrons. The lowest BCUT2D eigenvalue weighted by Gasteiger charge is -2.39. The van der Waals surface area contributed by atoms with Gasteiger partial charge in [-0.1, -0.05) is 6.92 Å². The number of alkyl halides is 12. The molecular weight excluding hydrogens is 436 g/mol. The monoisotopic (exact) mass is 448 g/mol. The minimum Gasteiger partial charge on any atom is -0.464 e. The van der Waals surface area contributed by atoms with Gasteiger partial charge in [-0.15, -0.1) is 0 Å². The summed E-state index contributed by atoms with van der Waals surface area (Å²) in [5.74, 6) is -24.2. The van der Waals surface area contributed by atoms with E-state index < -0.39 is 54.6 Å². The van der Waals surface area contributed by atoms with Crippen molar-refractivity contribution in [3.63, 3.8) is 0 Å². The van der Waals surface area contributed by atoms with E-state index in [0.29, 0.717) is 6.92 Å². The first-order chi connectivity index (χ1) is 12.1. The van der Waals surface area contributed by atoms with E-state index in [9.17, 15) is 57.5 Å². The van der Waals surface area contributed by atoms with Gasteiger partial charge >= 0.3 is 42.1 Å². The minimum atomic E-state index is -7.29. The molecule has 0 heterocycles. The molecule has 0 rings (SSSR count). The molecule has 0 aromatic heterocycles. The lowest BCUT2D eigenvalue weighted by Crippen LogP contribution is -2.67. The van der Waals surface area contributed by atoms with Crippen molar-refractivity contribution >= 4 is 5.97 Å². The van der Waals surface area contributed by atoms with Crippen molar-refractivity contribution in [2.75, 3.05) is 7.11 Å². The van der Waals surface area contributed by atoms with Crippen LogP contribution in [0.25, 0.3) is 0 Å². The lowest BCUT2D eigenvalue weighted by atomic mass is 10.1. The molecule has 28 heavy (non-hydrogen) atoms. The van der Waals surface area contributed by atoms with Crippen LogP contribution in [0.15, 0.2) is 0 Å². The number of hydrogen-bond acceptors (Lipinski definition) is 4. The summed E-state index contributed by atoms with van der Waals surface area (Å²) >= 11 is 0. The second kappa shape index (κ2) is 7.76. The Balaban J connectivity index is 6.31. The highest BCUT2D eigenvalue weighted by atomic mass is 19.4. The van der Waals surface area contributed by atoms with Crippen LogP contribution in [0.1, 0.15) is 20.3 Å². The van der Waals surface area contributed by atoms with Crippen molar-refractivity contribution < 1.29 is 71.7 Å². The lowest BCUT2D eigenvalue weighted by molar-refractivity contribution is -0.529. The molecule has 0 bridgehead atoms. The molecule has 0 N–H and O–H groups in total. The van der Waals surface area contributed by atoms with Gasteiger partial charge in [0.05, 0.1) is 13.2 Å². The van der Waals surface area contributed by atoms with Crippen LogP contribution in [0, 0.1) is 0 Å². The van der Waals surface area contributed by atoms with Gasteiger partial charge in [-0.3, -0.25) is 4.74 Å². The molecule has 4 nitrogen and oxygen atoms in total. The fourth-order valence-corrected chi connectivity index (χ4v) is 1.37. The van der Waals surface area contributed by atoms with Gasteiger partial charge in [-0.05, 0) is 13.3 Å². The third kappa shape index (κ3) is 4.41. The molecule has 0 aromatic rings. The van der Waals surface area contributed by atoms with E-state index in [2.05, 4.69) is 9.47 Å². The molecular formula is C12H12F12O4. The Hall–Kier alpha value is -1.45. The van der Waals surface area contributed by atoms with E-state index in [0.717, 1.165) is 6.92 Å². The first-order valence-electron chi connectivity index (χ1n) is 6.88. The summed E-state index contributed by atoms with van der Waals surface area (Å²) in [7, 11) is 0.00855. The molecule has 0 aliphatic heterocycles. The summed E-state index contributed by atoms with van der Waals surface area (Å²) in [6, 6.07) is 0. The summed E-state index contributed by atoms with van der Waals surface area (Å²) in [6.07, 6.45) is -23.3. The minimum absolute atomic E-state index is 0.00855. The van der Waals surface area contributed by atoms with Crippen molar-refractivity contribution in [2.24, 2.45) is 0 Å². The largest absolute Gasteiger partial charge is 0.464 e. The van der Waals surface area contributed by atoms with Gasteiger partial charge in [0.15, 0.2) is 0 Å². The van der Waals surface area contributed by atoms with Gasteiger partial charge in [0, 0.05) is 0 Å². The molecule has 0 spiro atoms. The van der Waals surface area contributed by atoms with Crippen molar-refractivity contribution in [1.29, 1.82) is 0 Å². The summed E-state index contributed by atoms with van der Waals surface area (Å²) in [4.78, 5) is 10.5. The normalized spacial score (nSPS) is 17.8. The quantitative estimate of drug-likeness (QED) is 0.380. The summed E-state index contributed by atoms with van der Waals surface area (Å²) in [5, 5.41) is 0. The van der Waals surface area contributed by atoms with Gasteiger partial charge in [-0.2, -0.15) is 52.7 Å². The predicted octanol–water partition coefficient (Wildman–Crippen LogP) is 4.68. The molecule has 0 amide bonds. The average molecular weight is 448 g/mol. The third-order valence-electron chi connectivity index (χ3n) is 3.13. The van der Waals surface area contributed by atoms with Gasteiger partial charge in [-0.25, -0.2) is 4.79 Å². The number of ether oxygens (including phenoxy) is 3. The Morgan fingerprint density at radius 3 is 1.61 bits per heavy atom. The summed E-state index contributed by atoms with van der Waals surface area (Å²) in [5.41, 5.74) is 0. The number of methoxy groups -OCH3 is 1. The van der Waals surface area contributed by atoms with E-state index in [-0.39, 0.29) is 7.11 Å². The van der Waals surface area contributed by atoms with E-state index in [1.807, 2.05) is 4.74 Å². The van der Waals surface area contributed by atoms with Crippen LogP contribution in [-0.2, 0) is 19.0 Å². The number of carbonyl (C=O) groups is 1. The molecule has 16 heteroatoms.